The number of hydrogen-bond donors (Lipinski definition) is 0. The van der Waals surface area contributed by atoms with E-state index in [2.05, 4.69) is 37.0 Å². The molecule has 0 saturated carbocycles. The van der Waals surface area contributed by atoms with Crippen molar-refractivity contribution >= 4 is 6.08 Å². The molecule has 1 aromatic rings. The van der Waals surface area contributed by atoms with Crippen LogP contribution in [0.2, 0.25) is 0 Å². The summed E-state index contributed by atoms with van der Waals surface area (Å²) in [7, 11) is 0. The zero-order valence-electron chi connectivity index (χ0n) is 9.90. The van der Waals surface area contributed by atoms with Gasteiger partial charge in [-0.05, 0) is 43.9 Å². The van der Waals surface area contributed by atoms with E-state index < -0.39 is 0 Å². The van der Waals surface area contributed by atoms with Crippen LogP contribution in [0.5, 0.6) is 0 Å². The van der Waals surface area contributed by atoms with Gasteiger partial charge in [-0.2, -0.15) is 10.2 Å². The predicted molar refractivity (Wildman–Crippen MR) is 64.4 cm³/mol. The van der Waals surface area contributed by atoms with Crippen molar-refractivity contribution in [2.24, 2.45) is 5.92 Å². The second-order valence-electron chi connectivity index (χ2n) is 4.19. The fourth-order valence-electron chi connectivity index (χ4n) is 1.39. The number of hydrogen-bond acceptors (Lipinski definition) is 2. The third-order valence-electron chi connectivity index (χ3n) is 2.72. The molecule has 1 aromatic heterocycles. The first kappa shape index (κ1) is 11.9. The fraction of sp³-hybridized carbons (Fsp3) is 0.538. The lowest BCUT2D eigenvalue weighted by molar-refractivity contribution is 0.516. The summed E-state index contributed by atoms with van der Waals surface area (Å²) in [4.78, 5) is 0. The number of rotatable bonds is 5. The van der Waals surface area contributed by atoms with Crippen LogP contribution in [0, 0.1) is 5.92 Å². The van der Waals surface area contributed by atoms with Gasteiger partial charge in [-0.1, -0.05) is 25.8 Å². The largest absolute Gasteiger partial charge is 0.159 e. The van der Waals surface area contributed by atoms with Gasteiger partial charge in [-0.3, -0.25) is 0 Å². The highest BCUT2D eigenvalue weighted by Crippen LogP contribution is 2.15. The minimum atomic E-state index is 0.815. The van der Waals surface area contributed by atoms with Crippen LogP contribution in [0.3, 0.4) is 0 Å². The van der Waals surface area contributed by atoms with Crippen molar-refractivity contribution in [3.8, 4) is 0 Å². The molecule has 1 heterocycles. The summed E-state index contributed by atoms with van der Waals surface area (Å²) in [6.07, 6.45) is 7.50. The van der Waals surface area contributed by atoms with Gasteiger partial charge in [0.05, 0.1) is 5.69 Å². The van der Waals surface area contributed by atoms with Crippen LogP contribution in [0.1, 0.15) is 45.7 Å². The van der Waals surface area contributed by atoms with E-state index in [1.54, 1.807) is 6.20 Å². The van der Waals surface area contributed by atoms with Gasteiger partial charge in [0, 0.05) is 6.20 Å². The Balaban J connectivity index is 2.46. The van der Waals surface area contributed by atoms with Crippen LogP contribution in [0.15, 0.2) is 23.9 Å². The lowest BCUT2D eigenvalue weighted by Gasteiger charge is -2.07. The lowest BCUT2D eigenvalue weighted by Crippen LogP contribution is -1.92. The molecule has 1 atom stereocenters. The summed E-state index contributed by atoms with van der Waals surface area (Å²) in [5.41, 5.74) is 2.34. The van der Waals surface area contributed by atoms with Crippen molar-refractivity contribution < 1.29 is 0 Å². The minimum absolute atomic E-state index is 0.815. The van der Waals surface area contributed by atoms with Crippen molar-refractivity contribution in [1.82, 2.24) is 10.2 Å². The fourth-order valence-corrected chi connectivity index (χ4v) is 1.39. The Morgan fingerprint density at radius 3 is 2.93 bits per heavy atom. The number of nitrogens with zero attached hydrogens (tertiary/aromatic N) is 2. The smallest absolute Gasteiger partial charge is 0.0856 e. The van der Waals surface area contributed by atoms with E-state index in [-0.39, 0.29) is 0 Å². The molecular formula is C13H20N2. The maximum Gasteiger partial charge on any atom is 0.0856 e. The van der Waals surface area contributed by atoms with Crippen molar-refractivity contribution in [1.29, 1.82) is 0 Å². The Morgan fingerprint density at radius 2 is 2.33 bits per heavy atom. The summed E-state index contributed by atoms with van der Waals surface area (Å²) >= 11 is 0. The molecule has 0 N–H and O–H groups in total. The van der Waals surface area contributed by atoms with Crippen LogP contribution in [0.4, 0.5) is 0 Å². The van der Waals surface area contributed by atoms with Crippen molar-refractivity contribution in [2.45, 2.75) is 40.0 Å². The molecule has 0 aliphatic carbocycles. The summed E-state index contributed by atoms with van der Waals surface area (Å²) in [5.74, 6) is 0.815. The first-order valence-electron chi connectivity index (χ1n) is 5.67. The Kier molecular flexibility index (Phi) is 5.02. The van der Waals surface area contributed by atoms with Crippen LogP contribution < -0.4 is 0 Å². The molecule has 0 fully saturated rings. The Hall–Kier alpha value is -1.18. The number of aromatic nitrogens is 2. The third kappa shape index (κ3) is 4.73. The maximum atomic E-state index is 4.04. The predicted octanol–water partition coefficient (Wildman–Crippen LogP) is 3.71. The van der Waals surface area contributed by atoms with E-state index in [0.29, 0.717) is 0 Å². The minimum Gasteiger partial charge on any atom is -0.159 e. The maximum absolute atomic E-state index is 4.04. The summed E-state index contributed by atoms with van der Waals surface area (Å²) in [5, 5.41) is 7.89. The van der Waals surface area contributed by atoms with Crippen LogP contribution >= 0.6 is 0 Å². The van der Waals surface area contributed by atoms with E-state index in [9.17, 15) is 0 Å². The van der Waals surface area contributed by atoms with E-state index >= 15 is 0 Å². The van der Waals surface area contributed by atoms with Gasteiger partial charge in [-0.15, -0.1) is 0 Å². The standard InChI is InChI=1S/C13H20N2/c1-4-11(2)7-8-12(3)10-13-6-5-9-14-15-13/h5-6,9-11H,4,7-8H2,1-3H3. The molecule has 15 heavy (non-hydrogen) atoms. The zero-order valence-corrected chi connectivity index (χ0v) is 9.90. The van der Waals surface area contributed by atoms with E-state index in [0.717, 1.165) is 18.0 Å². The zero-order chi connectivity index (χ0) is 11.1. The number of allylic oxidation sites excluding steroid dienone is 1. The van der Waals surface area contributed by atoms with E-state index in [4.69, 9.17) is 0 Å². The van der Waals surface area contributed by atoms with E-state index in [1.165, 1.54) is 18.4 Å². The summed E-state index contributed by atoms with van der Waals surface area (Å²) in [6, 6.07) is 3.90. The molecule has 2 heteroatoms. The first-order valence-corrected chi connectivity index (χ1v) is 5.67. The molecule has 0 amide bonds. The van der Waals surface area contributed by atoms with Gasteiger partial charge in [0.1, 0.15) is 0 Å². The van der Waals surface area contributed by atoms with Crippen molar-refractivity contribution in [3.63, 3.8) is 0 Å². The highest BCUT2D eigenvalue weighted by molar-refractivity contribution is 5.47. The van der Waals surface area contributed by atoms with Crippen molar-refractivity contribution in [2.75, 3.05) is 0 Å². The Labute approximate surface area is 92.4 Å². The molecule has 0 radical (unpaired) electrons. The molecular weight excluding hydrogens is 184 g/mol. The van der Waals surface area contributed by atoms with Gasteiger partial charge in [0.2, 0.25) is 0 Å². The van der Waals surface area contributed by atoms with Crippen LogP contribution in [-0.2, 0) is 0 Å². The lowest BCUT2D eigenvalue weighted by atomic mass is 9.99. The second kappa shape index (κ2) is 6.33. The van der Waals surface area contributed by atoms with E-state index in [1.807, 2.05) is 12.1 Å². The molecule has 0 spiro atoms. The molecule has 1 rings (SSSR count). The highest BCUT2D eigenvalue weighted by Gasteiger charge is 1.99. The van der Waals surface area contributed by atoms with Crippen LogP contribution in [-0.4, -0.2) is 10.2 Å². The van der Waals surface area contributed by atoms with Crippen LogP contribution in [0.25, 0.3) is 6.08 Å². The monoisotopic (exact) mass is 204 g/mol. The summed E-state index contributed by atoms with van der Waals surface area (Å²) < 4.78 is 0. The van der Waals surface area contributed by atoms with Gasteiger partial charge in [-0.25, -0.2) is 0 Å². The summed E-state index contributed by atoms with van der Waals surface area (Å²) in [6.45, 7) is 6.71. The van der Waals surface area contributed by atoms with Gasteiger partial charge in [0.15, 0.2) is 0 Å². The molecule has 0 bridgehead atoms. The van der Waals surface area contributed by atoms with Crippen molar-refractivity contribution in [3.05, 3.63) is 29.6 Å². The van der Waals surface area contributed by atoms with Gasteiger partial charge < -0.3 is 0 Å². The van der Waals surface area contributed by atoms with Gasteiger partial charge in [0.25, 0.3) is 0 Å². The average Bonchev–Trinajstić information content (AvgIpc) is 2.27. The van der Waals surface area contributed by atoms with Gasteiger partial charge >= 0.3 is 0 Å². The molecule has 82 valence electrons. The molecule has 0 aromatic carbocycles. The second-order valence-corrected chi connectivity index (χ2v) is 4.19. The average molecular weight is 204 g/mol. The SMILES string of the molecule is CCC(C)CCC(C)=Cc1cccnn1. The highest BCUT2D eigenvalue weighted by atomic mass is 15.1. The molecule has 2 nitrogen and oxygen atoms in total. The normalized spacial score (nSPS) is 13.9. The Bertz CT molecular complexity index is 304. The molecule has 0 aliphatic heterocycles. The molecule has 1 unspecified atom stereocenters. The molecule has 0 saturated heterocycles. The first-order chi connectivity index (χ1) is 7.22. The Morgan fingerprint density at radius 1 is 1.53 bits per heavy atom. The molecule has 0 aliphatic rings. The third-order valence-corrected chi connectivity index (χ3v) is 2.72. The topological polar surface area (TPSA) is 25.8 Å². The quantitative estimate of drug-likeness (QED) is 0.730.